The van der Waals surface area contributed by atoms with Gasteiger partial charge in [0.1, 0.15) is 0 Å². The fourth-order valence-electron chi connectivity index (χ4n) is 2.60. The molecule has 1 N–H and O–H groups in total. The quantitative estimate of drug-likeness (QED) is 0.302. The number of aromatic nitrogens is 4. The van der Waals surface area contributed by atoms with Gasteiger partial charge < -0.3 is 5.32 Å². The predicted octanol–water partition coefficient (Wildman–Crippen LogP) is 4.91. The molecule has 2 aromatic carbocycles. The number of rotatable bonds is 6. The van der Waals surface area contributed by atoms with Gasteiger partial charge in [0.05, 0.1) is 32.1 Å². The third-order valence-corrected chi connectivity index (χ3v) is 5.79. The average molecular weight is 481 g/mol. The Balaban J connectivity index is 1.70. The molecule has 162 valence electrons. The van der Waals surface area contributed by atoms with Crippen LogP contribution >= 0.6 is 35.0 Å². The summed E-state index contributed by atoms with van der Waals surface area (Å²) < 4.78 is 1.46. The Morgan fingerprint density at radius 1 is 1.19 bits per heavy atom. The second kappa shape index (κ2) is 9.21. The van der Waals surface area contributed by atoms with Crippen LogP contribution in [0.2, 0.25) is 10.0 Å². The molecule has 0 fully saturated rings. The summed E-state index contributed by atoms with van der Waals surface area (Å²) in [5.74, 6) is -0.379. The summed E-state index contributed by atoms with van der Waals surface area (Å²) in [6.45, 7) is 6.27. The van der Waals surface area contributed by atoms with E-state index in [9.17, 15) is 14.9 Å². The summed E-state index contributed by atoms with van der Waals surface area (Å²) in [6.07, 6.45) is 0. The molecule has 31 heavy (non-hydrogen) atoms. The standard InChI is InChI=1S/C19H18Cl2N6O3S/c1-19(2,3)11-4-7-16(14(21)8-11)26-18(23-24-25-26)31-10-17(28)22-15-6-5-12(27(29)30)9-13(15)20/h4-9H,10H2,1-3H3,(H,22,28). The van der Waals surface area contributed by atoms with Crippen LogP contribution in [0.25, 0.3) is 5.69 Å². The summed E-state index contributed by atoms with van der Waals surface area (Å²) >= 11 is 13.6. The van der Waals surface area contributed by atoms with Crippen LogP contribution < -0.4 is 5.32 Å². The molecule has 3 rings (SSSR count). The molecule has 0 unspecified atom stereocenters. The van der Waals surface area contributed by atoms with E-state index in [2.05, 4.69) is 41.6 Å². The van der Waals surface area contributed by atoms with Crippen molar-refractivity contribution in [2.75, 3.05) is 11.1 Å². The number of tetrazole rings is 1. The molecule has 1 heterocycles. The Morgan fingerprint density at radius 3 is 2.55 bits per heavy atom. The number of nitro groups is 1. The number of anilines is 1. The number of nitro benzene ring substituents is 1. The Hall–Kier alpha value is -2.69. The average Bonchev–Trinajstić information content (AvgIpc) is 3.15. The molecule has 0 saturated heterocycles. The molecule has 0 aliphatic heterocycles. The molecule has 0 atom stereocenters. The van der Waals surface area contributed by atoms with Gasteiger partial charge in [0, 0.05) is 12.1 Å². The van der Waals surface area contributed by atoms with Crippen LogP contribution in [0.4, 0.5) is 11.4 Å². The van der Waals surface area contributed by atoms with E-state index in [0.717, 1.165) is 17.3 Å². The molecule has 12 heteroatoms. The monoisotopic (exact) mass is 480 g/mol. The fraction of sp³-hybridized carbons (Fsp3) is 0.263. The molecular formula is C19H18Cl2N6O3S. The number of nitrogens with zero attached hydrogens (tertiary/aromatic N) is 5. The Bertz CT molecular complexity index is 1150. The smallest absolute Gasteiger partial charge is 0.271 e. The number of hydrogen-bond donors (Lipinski definition) is 1. The molecule has 0 bridgehead atoms. The number of benzene rings is 2. The van der Waals surface area contributed by atoms with Crippen molar-refractivity contribution in [1.82, 2.24) is 20.2 Å². The van der Waals surface area contributed by atoms with E-state index in [1.54, 1.807) is 0 Å². The second-order valence-electron chi connectivity index (χ2n) is 7.55. The van der Waals surface area contributed by atoms with Crippen LogP contribution in [0.15, 0.2) is 41.6 Å². The first kappa shape index (κ1) is 23.0. The highest BCUT2D eigenvalue weighted by molar-refractivity contribution is 7.99. The van der Waals surface area contributed by atoms with Gasteiger partial charge in [0.25, 0.3) is 5.69 Å². The lowest BCUT2D eigenvalue weighted by Crippen LogP contribution is -2.15. The van der Waals surface area contributed by atoms with E-state index in [1.165, 1.54) is 22.9 Å². The van der Waals surface area contributed by atoms with Crippen molar-refractivity contribution < 1.29 is 9.72 Å². The fourth-order valence-corrected chi connectivity index (χ4v) is 3.77. The highest BCUT2D eigenvalue weighted by atomic mass is 35.5. The van der Waals surface area contributed by atoms with Gasteiger partial charge in [-0.1, -0.05) is 61.8 Å². The normalized spacial score (nSPS) is 11.4. The molecule has 0 aliphatic rings. The largest absolute Gasteiger partial charge is 0.324 e. The highest BCUT2D eigenvalue weighted by Gasteiger charge is 2.19. The highest BCUT2D eigenvalue weighted by Crippen LogP contribution is 2.31. The van der Waals surface area contributed by atoms with Crippen LogP contribution in [0.3, 0.4) is 0 Å². The van der Waals surface area contributed by atoms with E-state index in [1.807, 2.05) is 18.2 Å². The van der Waals surface area contributed by atoms with Crippen molar-refractivity contribution in [2.45, 2.75) is 31.3 Å². The number of amides is 1. The van der Waals surface area contributed by atoms with Gasteiger partial charge in [-0.25, -0.2) is 0 Å². The molecule has 0 saturated carbocycles. The van der Waals surface area contributed by atoms with Crippen LogP contribution in [-0.2, 0) is 10.2 Å². The number of non-ortho nitro benzene ring substituents is 1. The number of nitrogens with one attached hydrogen (secondary N) is 1. The lowest BCUT2D eigenvalue weighted by Gasteiger charge is -2.20. The Morgan fingerprint density at radius 2 is 1.94 bits per heavy atom. The first-order valence-corrected chi connectivity index (χ1v) is 10.8. The summed E-state index contributed by atoms with van der Waals surface area (Å²) in [7, 11) is 0. The van der Waals surface area contributed by atoms with Crippen molar-refractivity contribution in [1.29, 1.82) is 0 Å². The number of carbonyl (C=O) groups is 1. The van der Waals surface area contributed by atoms with Crippen molar-refractivity contribution >= 4 is 52.2 Å². The topological polar surface area (TPSA) is 116 Å². The van der Waals surface area contributed by atoms with E-state index in [-0.39, 0.29) is 33.5 Å². The maximum atomic E-state index is 12.3. The third kappa shape index (κ3) is 5.52. The van der Waals surface area contributed by atoms with Crippen molar-refractivity contribution in [3.63, 3.8) is 0 Å². The van der Waals surface area contributed by atoms with Gasteiger partial charge >= 0.3 is 0 Å². The van der Waals surface area contributed by atoms with Crippen LogP contribution in [0.1, 0.15) is 26.3 Å². The molecule has 3 aromatic rings. The lowest BCUT2D eigenvalue weighted by atomic mass is 9.87. The summed E-state index contributed by atoms with van der Waals surface area (Å²) in [5.41, 5.74) is 1.73. The first-order valence-electron chi connectivity index (χ1n) is 9.01. The van der Waals surface area contributed by atoms with Crippen molar-refractivity contribution in [3.8, 4) is 5.69 Å². The predicted molar refractivity (Wildman–Crippen MR) is 120 cm³/mol. The third-order valence-electron chi connectivity index (χ3n) is 4.25. The molecule has 1 amide bonds. The van der Waals surface area contributed by atoms with E-state index >= 15 is 0 Å². The van der Waals surface area contributed by atoms with E-state index in [4.69, 9.17) is 23.2 Å². The maximum absolute atomic E-state index is 12.3. The summed E-state index contributed by atoms with van der Waals surface area (Å²) in [6, 6.07) is 9.48. The summed E-state index contributed by atoms with van der Waals surface area (Å²) in [5, 5.41) is 26.0. The molecule has 9 nitrogen and oxygen atoms in total. The Kier molecular flexibility index (Phi) is 6.83. The number of halogens is 2. The number of carbonyl (C=O) groups excluding carboxylic acids is 1. The van der Waals surface area contributed by atoms with Crippen LogP contribution in [0.5, 0.6) is 0 Å². The number of hydrogen-bond acceptors (Lipinski definition) is 7. The van der Waals surface area contributed by atoms with Crippen LogP contribution in [0, 0.1) is 10.1 Å². The minimum absolute atomic E-state index is 0.00855. The zero-order valence-electron chi connectivity index (χ0n) is 16.8. The molecule has 0 radical (unpaired) electrons. The summed E-state index contributed by atoms with van der Waals surface area (Å²) in [4.78, 5) is 22.5. The van der Waals surface area contributed by atoms with Gasteiger partial charge in [-0.2, -0.15) is 4.68 Å². The lowest BCUT2D eigenvalue weighted by molar-refractivity contribution is -0.384. The number of thioether (sulfide) groups is 1. The van der Waals surface area contributed by atoms with E-state index < -0.39 is 4.92 Å². The second-order valence-corrected chi connectivity index (χ2v) is 9.30. The van der Waals surface area contributed by atoms with Crippen molar-refractivity contribution in [3.05, 3.63) is 62.1 Å². The zero-order valence-corrected chi connectivity index (χ0v) is 19.1. The van der Waals surface area contributed by atoms with E-state index in [0.29, 0.717) is 15.9 Å². The zero-order chi connectivity index (χ0) is 22.8. The SMILES string of the molecule is CC(C)(C)c1ccc(-n2nnnc2SCC(=O)Nc2ccc([N+](=O)[O-])cc2Cl)c(Cl)c1. The minimum Gasteiger partial charge on any atom is -0.324 e. The van der Waals surface area contributed by atoms with Crippen LogP contribution in [-0.4, -0.2) is 36.8 Å². The van der Waals surface area contributed by atoms with Gasteiger partial charge in [-0.05, 0) is 39.6 Å². The van der Waals surface area contributed by atoms with Gasteiger partial charge in [0.2, 0.25) is 11.1 Å². The van der Waals surface area contributed by atoms with Gasteiger partial charge in [-0.15, -0.1) is 5.10 Å². The Labute approximate surface area is 192 Å². The van der Waals surface area contributed by atoms with Gasteiger partial charge in [-0.3, -0.25) is 14.9 Å². The van der Waals surface area contributed by atoms with Gasteiger partial charge in [0.15, 0.2) is 0 Å². The molecular weight excluding hydrogens is 463 g/mol. The van der Waals surface area contributed by atoms with Crippen molar-refractivity contribution in [2.24, 2.45) is 0 Å². The first-order chi connectivity index (χ1) is 14.6. The minimum atomic E-state index is -0.563. The molecule has 0 aliphatic carbocycles. The maximum Gasteiger partial charge on any atom is 0.271 e. The molecule has 0 spiro atoms. The molecule has 1 aromatic heterocycles.